The molecule has 5 nitrogen and oxygen atoms in total. The van der Waals surface area contributed by atoms with Gasteiger partial charge in [-0.1, -0.05) is 12.1 Å². The van der Waals surface area contributed by atoms with Gasteiger partial charge in [-0.2, -0.15) is 0 Å². The van der Waals surface area contributed by atoms with Gasteiger partial charge < -0.3 is 16.0 Å². The van der Waals surface area contributed by atoms with Crippen molar-refractivity contribution in [2.45, 2.75) is 19.9 Å². The zero-order chi connectivity index (χ0) is 16.1. The van der Waals surface area contributed by atoms with Crippen LogP contribution in [0.5, 0.6) is 0 Å². The highest BCUT2D eigenvalue weighted by atomic mass is 32.1. The molecule has 0 spiro atoms. The number of aryl methyl sites for hydroxylation is 1. The highest BCUT2D eigenvalue weighted by Gasteiger charge is 2.12. The van der Waals surface area contributed by atoms with Crippen molar-refractivity contribution >= 4 is 22.9 Å². The second-order valence-electron chi connectivity index (χ2n) is 5.51. The molecule has 0 unspecified atom stereocenters. The summed E-state index contributed by atoms with van der Waals surface area (Å²) in [6.07, 6.45) is 0.704. The number of nitrogens with two attached hydrogens (primary N) is 1. The van der Waals surface area contributed by atoms with Gasteiger partial charge in [0.2, 0.25) is 0 Å². The number of hydrogen-bond acceptors (Lipinski definition) is 5. The number of benzene rings is 1. The van der Waals surface area contributed by atoms with Crippen molar-refractivity contribution in [1.29, 1.82) is 0 Å². The molecule has 0 atom stereocenters. The van der Waals surface area contributed by atoms with Crippen LogP contribution in [0.4, 0.5) is 5.69 Å². The normalized spacial score (nSPS) is 11.0. The third kappa shape index (κ3) is 4.37. The van der Waals surface area contributed by atoms with E-state index >= 15 is 0 Å². The van der Waals surface area contributed by atoms with Crippen LogP contribution in [0.25, 0.3) is 0 Å². The number of nitrogens with zero attached hydrogens (tertiary/aromatic N) is 2. The number of anilines is 1. The van der Waals surface area contributed by atoms with E-state index in [9.17, 15) is 4.79 Å². The average Bonchev–Trinajstić information content (AvgIpc) is 2.91. The Kier molecular flexibility index (Phi) is 5.65. The van der Waals surface area contributed by atoms with Gasteiger partial charge in [0.1, 0.15) is 5.69 Å². The Labute approximate surface area is 135 Å². The van der Waals surface area contributed by atoms with E-state index in [0.29, 0.717) is 18.7 Å². The molecule has 0 saturated heterocycles. The summed E-state index contributed by atoms with van der Waals surface area (Å²) in [6.45, 7) is 3.36. The number of thiazole rings is 1. The monoisotopic (exact) mass is 318 g/mol. The Balaban J connectivity index is 2.12. The molecule has 2 rings (SSSR count). The smallest absolute Gasteiger partial charge is 0.275 e. The number of carbonyl (C=O) groups is 1. The second-order valence-corrected chi connectivity index (χ2v) is 6.45. The molecule has 0 saturated carbocycles. The summed E-state index contributed by atoms with van der Waals surface area (Å²) in [5.41, 5.74) is 8.98. The van der Waals surface area contributed by atoms with Crippen LogP contribution in [0.1, 0.15) is 26.6 Å². The maximum atomic E-state index is 12.3. The van der Waals surface area contributed by atoms with E-state index in [1.54, 1.807) is 5.38 Å². The number of carbonyl (C=O) groups excluding carboxylic acids is 1. The molecule has 1 aromatic carbocycles. The molecular formula is C16H22N4OS. The lowest BCUT2D eigenvalue weighted by molar-refractivity contribution is 0.102. The summed E-state index contributed by atoms with van der Waals surface area (Å²) in [5.74, 6) is -0.176. The van der Waals surface area contributed by atoms with Crippen LogP contribution in [-0.4, -0.2) is 36.4 Å². The number of aromatic nitrogens is 1. The number of amides is 1. The van der Waals surface area contributed by atoms with Crippen LogP contribution in [0.3, 0.4) is 0 Å². The first kappa shape index (κ1) is 16.6. The summed E-state index contributed by atoms with van der Waals surface area (Å²) < 4.78 is 0. The zero-order valence-corrected chi connectivity index (χ0v) is 14.0. The molecule has 0 fully saturated rings. The molecule has 1 heterocycles. The summed E-state index contributed by atoms with van der Waals surface area (Å²) >= 11 is 1.47. The van der Waals surface area contributed by atoms with E-state index in [-0.39, 0.29) is 5.91 Å². The van der Waals surface area contributed by atoms with Crippen molar-refractivity contribution in [1.82, 2.24) is 9.88 Å². The lowest BCUT2D eigenvalue weighted by Gasteiger charge is -2.13. The minimum absolute atomic E-state index is 0.176. The standard InChI is InChI=1S/C16H22N4OS/c1-11-4-5-12(9-20(2)3)8-13(11)19-16(21)14-10-22-15(18-14)6-7-17/h4-5,8,10H,6-7,9,17H2,1-3H3,(H,19,21). The maximum absolute atomic E-state index is 12.3. The van der Waals surface area contributed by atoms with E-state index in [0.717, 1.165) is 28.4 Å². The molecule has 0 aliphatic heterocycles. The fraction of sp³-hybridized carbons (Fsp3) is 0.375. The fourth-order valence-electron chi connectivity index (χ4n) is 2.11. The molecule has 118 valence electrons. The van der Waals surface area contributed by atoms with Crippen molar-refractivity contribution in [3.8, 4) is 0 Å². The molecule has 1 amide bonds. The Bertz CT molecular complexity index is 651. The van der Waals surface area contributed by atoms with E-state index < -0.39 is 0 Å². The van der Waals surface area contributed by atoms with Crippen LogP contribution >= 0.6 is 11.3 Å². The lowest BCUT2D eigenvalue weighted by atomic mass is 10.1. The number of rotatable bonds is 6. The Morgan fingerprint density at radius 1 is 1.41 bits per heavy atom. The van der Waals surface area contributed by atoms with Gasteiger partial charge in [0.15, 0.2) is 0 Å². The third-order valence-electron chi connectivity index (χ3n) is 3.19. The minimum Gasteiger partial charge on any atom is -0.330 e. The van der Waals surface area contributed by atoms with Crippen molar-refractivity contribution in [3.05, 3.63) is 45.4 Å². The first-order valence-electron chi connectivity index (χ1n) is 7.19. The summed E-state index contributed by atoms with van der Waals surface area (Å²) in [5, 5.41) is 5.62. The Hall–Kier alpha value is -1.76. The molecule has 6 heteroatoms. The van der Waals surface area contributed by atoms with Gasteiger partial charge in [-0.25, -0.2) is 4.98 Å². The molecule has 0 aliphatic rings. The molecule has 3 N–H and O–H groups in total. The summed E-state index contributed by atoms with van der Waals surface area (Å²) in [6, 6.07) is 6.11. The summed E-state index contributed by atoms with van der Waals surface area (Å²) in [7, 11) is 4.04. The minimum atomic E-state index is -0.176. The third-order valence-corrected chi connectivity index (χ3v) is 4.10. The number of nitrogens with one attached hydrogen (secondary N) is 1. The van der Waals surface area contributed by atoms with Crippen LogP contribution in [0, 0.1) is 6.92 Å². The molecule has 22 heavy (non-hydrogen) atoms. The van der Waals surface area contributed by atoms with Crippen LogP contribution in [0.15, 0.2) is 23.6 Å². The van der Waals surface area contributed by atoms with Gasteiger partial charge in [-0.15, -0.1) is 11.3 Å². The fourth-order valence-corrected chi connectivity index (χ4v) is 2.90. The maximum Gasteiger partial charge on any atom is 0.275 e. The average molecular weight is 318 g/mol. The molecule has 0 radical (unpaired) electrons. The van der Waals surface area contributed by atoms with E-state index in [2.05, 4.69) is 21.3 Å². The Morgan fingerprint density at radius 3 is 2.86 bits per heavy atom. The van der Waals surface area contributed by atoms with E-state index in [4.69, 9.17) is 5.73 Å². The van der Waals surface area contributed by atoms with Gasteiger partial charge in [0, 0.05) is 24.0 Å². The van der Waals surface area contributed by atoms with Gasteiger partial charge >= 0.3 is 0 Å². The van der Waals surface area contributed by atoms with Crippen LogP contribution in [-0.2, 0) is 13.0 Å². The van der Waals surface area contributed by atoms with Gasteiger partial charge in [-0.3, -0.25) is 4.79 Å². The molecule has 0 bridgehead atoms. The van der Waals surface area contributed by atoms with Gasteiger partial charge in [0.05, 0.1) is 5.01 Å². The highest BCUT2D eigenvalue weighted by molar-refractivity contribution is 7.09. The SMILES string of the molecule is Cc1ccc(CN(C)C)cc1NC(=O)c1csc(CCN)n1. The van der Waals surface area contributed by atoms with Crippen molar-refractivity contribution in [2.24, 2.45) is 5.73 Å². The first-order valence-corrected chi connectivity index (χ1v) is 8.07. The lowest BCUT2D eigenvalue weighted by Crippen LogP contribution is -2.15. The second kappa shape index (κ2) is 7.49. The summed E-state index contributed by atoms with van der Waals surface area (Å²) in [4.78, 5) is 18.7. The van der Waals surface area contributed by atoms with Gasteiger partial charge in [0.25, 0.3) is 5.91 Å². The van der Waals surface area contributed by atoms with Crippen molar-refractivity contribution in [3.63, 3.8) is 0 Å². The predicted molar refractivity (Wildman–Crippen MR) is 91.4 cm³/mol. The quantitative estimate of drug-likeness (QED) is 0.857. The van der Waals surface area contributed by atoms with E-state index in [1.165, 1.54) is 11.3 Å². The zero-order valence-electron chi connectivity index (χ0n) is 13.2. The van der Waals surface area contributed by atoms with Gasteiger partial charge in [-0.05, 0) is 44.8 Å². The molecule has 2 aromatic rings. The molecule has 0 aliphatic carbocycles. The first-order chi connectivity index (χ1) is 10.5. The van der Waals surface area contributed by atoms with Crippen molar-refractivity contribution in [2.75, 3.05) is 26.0 Å². The molecular weight excluding hydrogens is 296 g/mol. The van der Waals surface area contributed by atoms with Crippen LogP contribution in [0.2, 0.25) is 0 Å². The predicted octanol–water partition coefficient (Wildman–Crippen LogP) is 2.27. The largest absolute Gasteiger partial charge is 0.330 e. The topological polar surface area (TPSA) is 71.2 Å². The highest BCUT2D eigenvalue weighted by Crippen LogP contribution is 2.19. The number of hydrogen-bond donors (Lipinski definition) is 2. The van der Waals surface area contributed by atoms with Crippen molar-refractivity contribution < 1.29 is 4.79 Å². The van der Waals surface area contributed by atoms with E-state index in [1.807, 2.05) is 33.2 Å². The Morgan fingerprint density at radius 2 is 2.18 bits per heavy atom. The van der Waals surface area contributed by atoms with Crippen LogP contribution < -0.4 is 11.1 Å². The molecule has 1 aromatic heterocycles.